The fourth-order valence-electron chi connectivity index (χ4n) is 14.0. The summed E-state index contributed by atoms with van der Waals surface area (Å²) < 4.78 is 68.9. The summed E-state index contributed by atoms with van der Waals surface area (Å²) in [5, 5.41) is 10.7. The molecular formula is C89H174O17P2. The predicted octanol–water partition coefficient (Wildman–Crippen LogP) is 27.4. The van der Waals surface area contributed by atoms with Crippen molar-refractivity contribution in [3.63, 3.8) is 0 Å². The smallest absolute Gasteiger partial charge is 0.462 e. The van der Waals surface area contributed by atoms with E-state index in [1.807, 2.05) is 0 Å². The van der Waals surface area contributed by atoms with Crippen LogP contribution in [0.25, 0.3) is 0 Å². The van der Waals surface area contributed by atoms with Gasteiger partial charge in [-0.25, -0.2) is 9.13 Å². The van der Waals surface area contributed by atoms with Gasteiger partial charge in [0, 0.05) is 25.7 Å². The number of esters is 4. The van der Waals surface area contributed by atoms with Gasteiger partial charge < -0.3 is 33.8 Å². The maximum Gasteiger partial charge on any atom is 0.472 e. The zero-order chi connectivity index (χ0) is 79.2. The summed E-state index contributed by atoms with van der Waals surface area (Å²) in [6.45, 7) is 9.73. The average Bonchev–Trinajstić information content (AvgIpc) is 0.897. The molecule has 0 saturated heterocycles. The summed E-state index contributed by atoms with van der Waals surface area (Å²) in [5.74, 6) is -0.485. The molecule has 19 heteroatoms. The van der Waals surface area contributed by atoms with Crippen molar-refractivity contribution in [3.8, 4) is 0 Å². The van der Waals surface area contributed by atoms with E-state index in [1.165, 1.54) is 295 Å². The molecule has 642 valence electrons. The normalized spacial score (nSPS) is 13.8. The Hall–Kier alpha value is -1.94. The van der Waals surface area contributed by atoms with Crippen molar-refractivity contribution >= 4 is 39.5 Å². The lowest BCUT2D eigenvalue weighted by Crippen LogP contribution is -2.30. The number of carbonyl (C=O) groups excluding carboxylic acids is 4. The third-order valence-electron chi connectivity index (χ3n) is 21.0. The maximum atomic E-state index is 13.2. The Balaban J connectivity index is 5.20. The van der Waals surface area contributed by atoms with Crippen molar-refractivity contribution in [2.24, 2.45) is 11.8 Å². The molecule has 0 amide bonds. The van der Waals surface area contributed by atoms with Crippen LogP contribution in [-0.2, 0) is 65.4 Å². The van der Waals surface area contributed by atoms with Gasteiger partial charge in [-0.15, -0.1) is 0 Å². The molecule has 0 rings (SSSR count). The van der Waals surface area contributed by atoms with E-state index in [9.17, 15) is 43.2 Å². The van der Waals surface area contributed by atoms with E-state index in [0.717, 1.165) is 102 Å². The predicted molar refractivity (Wildman–Crippen MR) is 446 cm³/mol. The molecule has 5 atom stereocenters. The van der Waals surface area contributed by atoms with Crippen molar-refractivity contribution in [2.45, 2.75) is 496 Å². The van der Waals surface area contributed by atoms with Crippen LogP contribution in [0.1, 0.15) is 478 Å². The number of carbonyl (C=O) groups is 4. The first-order valence-electron chi connectivity index (χ1n) is 46.0. The highest BCUT2D eigenvalue weighted by atomic mass is 31.2. The zero-order valence-corrected chi connectivity index (χ0v) is 73.0. The first-order valence-corrected chi connectivity index (χ1v) is 49.0. The second kappa shape index (κ2) is 80.3. The SMILES string of the molecule is CCCCCCCCCCCCCCCCCCCCCCCC(=O)OC[C@H](COP(=O)(O)OC[C@@H](O)COP(=O)(O)OC[C@@H](COC(=O)CCCCCCCCCCC)OC(=O)CCCCCCCCCCCCCCCCC(C)C)OC(=O)CCCCCCCCCCCCCCCCCCCCC(C)C. The molecule has 0 fully saturated rings. The molecule has 0 heterocycles. The Morgan fingerprint density at radius 1 is 0.250 bits per heavy atom. The molecule has 0 aliphatic rings. The lowest BCUT2D eigenvalue weighted by molar-refractivity contribution is -0.161. The molecule has 0 aromatic heterocycles. The summed E-state index contributed by atoms with van der Waals surface area (Å²) in [5.41, 5.74) is 0. The van der Waals surface area contributed by atoms with Crippen LogP contribution in [0.3, 0.4) is 0 Å². The largest absolute Gasteiger partial charge is 0.472 e. The monoisotopic (exact) mass is 1580 g/mol. The van der Waals surface area contributed by atoms with Gasteiger partial charge in [0.15, 0.2) is 12.2 Å². The van der Waals surface area contributed by atoms with Crippen LogP contribution < -0.4 is 0 Å². The minimum absolute atomic E-state index is 0.108. The number of aliphatic hydroxyl groups is 1. The van der Waals surface area contributed by atoms with E-state index in [2.05, 4.69) is 41.5 Å². The fourth-order valence-corrected chi connectivity index (χ4v) is 15.5. The second-order valence-corrected chi connectivity index (χ2v) is 35.8. The number of hydrogen-bond acceptors (Lipinski definition) is 15. The van der Waals surface area contributed by atoms with E-state index < -0.39 is 97.5 Å². The average molecular weight is 1580 g/mol. The van der Waals surface area contributed by atoms with Gasteiger partial charge in [-0.2, -0.15) is 0 Å². The van der Waals surface area contributed by atoms with Crippen LogP contribution in [-0.4, -0.2) is 96.7 Å². The number of unbranched alkanes of at least 4 members (excludes halogenated alkanes) is 58. The quantitative estimate of drug-likeness (QED) is 0.0222. The van der Waals surface area contributed by atoms with E-state index in [-0.39, 0.29) is 25.7 Å². The molecule has 17 nitrogen and oxygen atoms in total. The summed E-state index contributed by atoms with van der Waals surface area (Å²) in [7, 11) is -9.93. The lowest BCUT2D eigenvalue weighted by atomic mass is 10.0. The number of aliphatic hydroxyl groups excluding tert-OH is 1. The van der Waals surface area contributed by atoms with Gasteiger partial charge >= 0.3 is 39.5 Å². The van der Waals surface area contributed by atoms with Gasteiger partial charge in [-0.1, -0.05) is 427 Å². The Morgan fingerprint density at radius 3 is 0.630 bits per heavy atom. The van der Waals surface area contributed by atoms with Crippen molar-refractivity contribution < 1.29 is 80.2 Å². The number of ether oxygens (including phenoxy) is 4. The van der Waals surface area contributed by atoms with Crippen molar-refractivity contribution in [3.05, 3.63) is 0 Å². The Labute approximate surface area is 664 Å². The van der Waals surface area contributed by atoms with E-state index in [4.69, 9.17) is 37.0 Å². The van der Waals surface area contributed by atoms with Crippen molar-refractivity contribution in [2.75, 3.05) is 39.6 Å². The molecule has 0 spiro atoms. The third kappa shape index (κ3) is 82.1. The minimum Gasteiger partial charge on any atom is -0.462 e. The minimum atomic E-state index is -4.97. The summed E-state index contributed by atoms with van der Waals surface area (Å²) in [4.78, 5) is 73.3. The molecule has 0 aliphatic carbocycles. The summed E-state index contributed by atoms with van der Waals surface area (Å²) in [6.07, 6.45) is 73.8. The highest BCUT2D eigenvalue weighted by Gasteiger charge is 2.31. The Morgan fingerprint density at radius 2 is 0.426 bits per heavy atom. The molecule has 0 aromatic carbocycles. The van der Waals surface area contributed by atoms with Gasteiger partial charge in [-0.05, 0) is 37.5 Å². The topological polar surface area (TPSA) is 237 Å². The van der Waals surface area contributed by atoms with Crippen LogP contribution in [0.5, 0.6) is 0 Å². The summed E-state index contributed by atoms with van der Waals surface area (Å²) in [6, 6.07) is 0. The molecular weight excluding hydrogens is 1400 g/mol. The van der Waals surface area contributed by atoms with E-state index in [0.29, 0.717) is 25.7 Å². The molecule has 108 heavy (non-hydrogen) atoms. The molecule has 0 bridgehead atoms. The highest BCUT2D eigenvalue weighted by molar-refractivity contribution is 7.47. The van der Waals surface area contributed by atoms with Gasteiger partial charge in [0.25, 0.3) is 0 Å². The Kier molecular flexibility index (Phi) is 78.8. The molecule has 2 unspecified atom stereocenters. The fraction of sp³-hybridized carbons (Fsp3) is 0.955. The maximum absolute atomic E-state index is 13.2. The van der Waals surface area contributed by atoms with Crippen LogP contribution >= 0.6 is 15.6 Å². The number of phosphoric acid groups is 2. The van der Waals surface area contributed by atoms with Gasteiger partial charge in [0.05, 0.1) is 26.4 Å². The van der Waals surface area contributed by atoms with E-state index >= 15 is 0 Å². The number of hydrogen-bond donors (Lipinski definition) is 3. The highest BCUT2D eigenvalue weighted by Crippen LogP contribution is 2.45. The van der Waals surface area contributed by atoms with Gasteiger partial charge in [0.2, 0.25) is 0 Å². The van der Waals surface area contributed by atoms with Crippen LogP contribution in [0.2, 0.25) is 0 Å². The van der Waals surface area contributed by atoms with Crippen LogP contribution in [0.4, 0.5) is 0 Å². The van der Waals surface area contributed by atoms with Crippen molar-refractivity contribution in [1.29, 1.82) is 0 Å². The molecule has 0 saturated carbocycles. The molecule has 3 N–H and O–H groups in total. The number of rotatable bonds is 88. The first-order chi connectivity index (χ1) is 52.4. The van der Waals surface area contributed by atoms with Crippen LogP contribution in [0, 0.1) is 11.8 Å². The van der Waals surface area contributed by atoms with Crippen molar-refractivity contribution in [1.82, 2.24) is 0 Å². The molecule has 0 radical (unpaired) electrons. The second-order valence-electron chi connectivity index (χ2n) is 32.9. The molecule has 0 aliphatic heterocycles. The zero-order valence-electron chi connectivity index (χ0n) is 71.2. The van der Waals surface area contributed by atoms with E-state index in [1.54, 1.807) is 0 Å². The van der Waals surface area contributed by atoms with Crippen LogP contribution in [0.15, 0.2) is 0 Å². The molecule has 0 aromatic rings. The first kappa shape index (κ1) is 106. The lowest BCUT2D eigenvalue weighted by Gasteiger charge is -2.21. The number of phosphoric ester groups is 2. The Bertz CT molecular complexity index is 2060. The standard InChI is InChI=1S/C89H174O17P2/c1-7-9-11-13-15-17-18-19-20-21-22-23-24-28-31-37-42-48-54-60-66-72-87(92)100-78-85(106-89(94)73-67-61-55-49-43-38-32-29-26-25-27-30-35-40-46-51-57-63-69-81(3)4)80-104-108(97,98)102-76-83(90)75-101-107(95,96)103-79-84(77-99-86(91)71-65-59-53-45-16-14-12-10-8-2)105-88(93)74-68-62-56-50-44-39-34-33-36-41-47-52-58-64-70-82(5)6/h81-85,90H,7-80H2,1-6H3,(H,95,96)(H,97,98)/t83-,84+,85+/m0/s1. The van der Waals surface area contributed by atoms with Gasteiger partial charge in [-0.3, -0.25) is 37.3 Å². The third-order valence-corrected chi connectivity index (χ3v) is 22.9. The van der Waals surface area contributed by atoms with Gasteiger partial charge in [0.1, 0.15) is 19.3 Å². The summed E-state index contributed by atoms with van der Waals surface area (Å²) >= 11 is 0.